The number of aryl methyl sites for hydroxylation is 1. The second kappa shape index (κ2) is 3.09. The summed E-state index contributed by atoms with van der Waals surface area (Å²) in [4.78, 5) is 1.60. The van der Waals surface area contributed by atoms with Crippen LogP contribution in [0.4, 0.5) is 0 Å². The first-order chi connectivity index (χ1) is 4.74. The van der Waals surface area contributed by atoms with E-state index in [-0.39, 0.29) is 6.04 Å². The van der Waals surface area contributed by atoms with Gasteiger partial charge in [0.05, 0.1) is 6.04 Å². The number of aromatic nitrogens is 4. The molecule has 10 heavy (non-hydrogen) atoms. The summed E-state index contributed by atoms with van der Waals surface area (Å²) in [6, 6.07) is 0.279. The van der Waals surface area contributed by atoms with Crippen LogP contribution in [0, 0.1) is 6.92 Å². The molecule has 4 nitrogen and oxygen atoms in total. The lowest BCUT2D eigenvalue weighted by atomic mass is 10.4. The van der Waals surface area contributed by atoms with Crippen LogP contribution >= 0.6 is 15.9 Å². The molecule has 0 radical (unpaired) electrons. The van der Waals surface area contributed by atoms with Crippen molar-refractivity contribution in [2.75, 3.05) is 5.33 Å². The van der Waals surface area contributed by atoms with Gasteiger partial charge >= 0.3 is 0 Å². The number of nitrogens with zero attached hydrogens (tertiary/aromatic N) is 4. The zero-order chi connectivity index (χ0) is 7.56. The fraction of sp³-hybridized carbons (Fsp3) is 0.800. The maximum absolute atomic E-state index is 4.05. The van der Waals surface area contributed by atoms with Crippen LogP contribution < -0.4 is 0 Å². The summed E-state index contributed by atoms with van der Waals surface area (Å²) in [6.45, 7) is 3.85. The van der Waals surface area contributed by atoms with E-state index in [0.717, 1.165) is 5.33 Å². The van der Waals surface area contributed by atoms with Gasteiger partial charge in [-0.1, -0.05) is 15.9 Å². The molecule has 0 aliphatic heterocycles. The van der Waals surface area contributed by atoms with E-state index in [1.807, 2.05) is 13.8 Å². The lowest BCUT2D eigenvalue weighted by Crippen LogP contribution is -2.09. The summed E-state index contributed by atoms with van der Waals surface area (Å²) >= 11 is 3.33. The highest BCUT2D eigenvalue weighted by atomic mass is 79.9. The van der Waals surface area contributed by atoms with Crippen LogP contribution in [-0.4, -0.2) is 25.5 Å². The predicted molar refractivity (Wildman–Crippen MR) is 41.1 cm³/mol. The van der Waals surface area contributed by atoms with Gasteiger partial charge in [-0.15, -0.1) is 10.2 Å². The topological polar surface area (TPSA) is 43.6 Å². The number of alkyl halides is 1. The van der Waals surface area contributed by atoms with Crippen molar-refractivity contribution in [2.24, 2.45) is 0 Å². The Bertz CT molecular complexity index is 209. The molecule has 0 saturated carbocycles. The Morgan fingerprint density at radius 2 is 2.40 bits per heavy atom. The fourth-order valence-electron chi connectivity index (χ4n) is 0.547. The van der Waals surface area contributed by atoms with Gasteiger partial charge in [0.2, 0.25) is 0 Å². The summed E-state index contributed by atoms with van der Waals surface area (Å²) in [5.41, 5.74) is 0. The molecule has 0 amide bonds. The third-order valence-electron chi connectivity index (χ3n) is 1.15. The molecule has 0 aromatic carbocycles. The lowest BCUT2D eigenvalue weighted by Gasteiger charge is -2.02. The van der Waals surface area contributed by atoms with Gasteiger partial charge in [0.1, 0.15) is 0 Å². The zero-order valence-electron chi connectivity index (χ0n) is 5.95. The molecule has 0 spiro atoms. The Hall–Kier alpha value is -0.450. The molecular weight excluding hydrogens is 196 g/mol. The van der Waals surface area contributed by atoms with Crippen LogP contribution in [0.25, 0.3) is 0 Å². The molecule has 0 aliphatic carbocycles. The summed E-state index contributed by atoms with van der Waals surface area (Å²) in [5, 5.41) is 12.5. The predicted octanol–water partition coefficient (Wildman–Crippen LogP) is 0.937. The number of tetrazole rings is 1. The Balaban J connectivity index is 2.74. The summed E-state index contributed by atoms with van der Waals surface area (Å²) < 4.78 is 0. The number of hydrogen-bond acceptors (Lipinski definition) is 3. The van der Waals surface area contributed by atoms with E-state index in [1.54, 1.807) is 4.80 Å². The summed E-state index contributed by atoms with van der Waals surface area (Å²) in [5.74, 6) is 0.716. The van der Waals surface area contributed by atoms with E-state index in [2.05, 4.69) is 31.3 Å². The molecule has 1 atom stereocenters. The van der Waals surface area contributed by atoms with Gasteiger partial charge in [-0.05, 0) is 19.1 Å². The maximum atomic E-state index is 4.05. The van der Waals surface area contributed by atoms with Crippen LogP contribution in [0.5, 0.6) is 0 Å². The van der Waals surface area contributed by atoms with E-state index in [0.29, 0.717) is 5.82 Å². The minimum atomic E-state index is 0.279. The summed E-state index contributed by atoms with van der Waals surface area (Å²) in [7, 11) is 0. The van der Waals surface area contributed by atoms with Crippen LogP contribution in [0.3, 0.4) is 0 Å². The third-order valence-corrected chi connectivity index (χ3v) is 2.08. The molecule has 0 bridgehead atoms. The van der Waals surface area contributed by atoms with Crippen molar-refractivity contribution in [3.63, 3.8) is 0 Å². The molecule has 1 aromatic heterocycles. The first-order valence-corrected chi connectivity index (χ1v) is 4.18. The highest BCUT2D eigenvalue weighted by Gasteiger charge is 2.04. The van der Waals surface area contributed by atoms with Crippen molar-refractivity contribution >= 4 is 15.9 Å². The lowest BCUT2D eigenvalue weighted by molar-refractivity contribution is 0.462. The molecule has 0 saturated heterocycles. The third kappa shape index (κ3) is 1.53. The van der Waals surface area contributed by atoms with Crippen molar-refractivity contribution in [2.45, 2.75) is 19.9 Å². The van der Waals surface area contributed by atoms with Crippen molar-refractivity contribution < 1.29 is 0 Å². The quantitative estimate of drug-likeness (QED) is 0.674. The largest absolute Gasteiger partial charge is 0.171 e. The van der Waals surface area contributed by atoms with Gasteiger partial charge in [0.15, 0.2) is 5.82 Å². The van der Waals surface area contributed by atoms with Crippen LogP contribution in [0.1, 0.15) is 18.8 Å². The highest BCUT2D eigenvalue weighted by Crippen LogP contribution is 2.03. The molecule has 56 valence electrons. The summed E-state index contributed by atoms with van der Waals surface area (Å²) in [6.07, 6.45) is 0. The van der Waals surface area contributed by atoms with E-state index in [4.69, 9.17) is 0 Å². The molecule has 1 aromatic rings. The van der Waals surface area contributed by atoms with E-state index in [1.165, 1.54) is 0 Å². The second-order valence-electron chi connectivity index (χ2n) is 2.16. The molecule has 0 aliphatic rings. The molecule has 0 unspecified atom stereocenters. The van der Waals surface area contributed by atoms with Crippen LogP contribution in [0.2, 0.25) is 0 Å². The molecular formula is C5H9BrN4. The van der Waals surface area contributed by atoms with Crippen LogP contribution in [0.15, 0.2) is 0 Å². The van der Waals surface area contributed by atoms with Crippen molar-refractivity contribution in [1.29, 1.82) is 0 Å². The maximum Gasteiger partial charge on any atom is 0.171 e. The molecule has 0 N–H and O–H groups in total. The highest BCUT2D eigenvalue weighted by molar-refractivity contribution is 9.09. The van der Waals surface area contributed by atoms with E-state index >= 15 is 0 Å². The Morgan fingerprint density at radius 3 is 2.80 bits per heavy atom. The molecule has 0 fully saturated rings. The van der Waals surface area contributed by atoms with Gasteiger partial charge in [0.25, 0.3) is 0 Å². The number of hydrogen-bond donors (Lipinski definition) is 0. The minimum Gasteiger partial charge on any atom is -0.161 e. The standard InChI is InChI=1S/C5H9BrN4/c1-4(3-6)10-8-5(2)7-9-10/h4H,3H2,1-2H3/t4-/m1/s1. The minimum absolute atomic E-state index is 0.279. The first kappa shape index (κ1) is 7.65. The number of halogens is 1. The second-order valence-corrected chi connectivity index (χ2v) is 2.81. The molecule has 5 heteroatoms. The molecule has 1 heterocycles. The smallest absolute Gasteiger partial charge is 0.161 e. The van der Waals surface area contributed by atoms with Gasteiger partial charge in [-0.3, -0.25) is 0 Å². The fourth-order valence-corrected chi connectivity index (χ4v) is 0.806. The van der Waals surface area contributed by atoms with E-state index in [9.17, 15) is 0 Å². The Kier molecular flexibility index (Phi) is 2.37. The van der Waals surface area contributed by atoms with Gasteiger partial charge < -0.3 is 0 Å². The van der Waals surface area contributed by atoms with Crippen molar-refractivity contribution in [3.8, 4) is 0 Å². The van der Waals surface area contributed by atoms with Crippen molar-refractivity contribution in [3.05, 3.63) is 5.82 Å². The monoisotopic (exact) mass is 204 g/mol. The zero-order valence-corrected chi connectivity index (χ0v) is 7.54. The SMILES string of the molecule is Cc1nnn([C@H](C)CBr)n1. The average molecular weight is 205 g/mol. The first-order valence-electron chi connectivity index (χ1n) is 3.06. The molecule has 1 rings (SSSR count). The average Bonchev–Trinajstić information content (AvgIpc) is 2.34. The van der Waals surface area contributed by atoms with Gasteiger partial charge in [-0.25, -0.2) is 0 Å². The van der Waals surface area contributed by atoms with E-state index < -0.39 is 0 Å². The van der Waals surface area contributed by atoms with Gasteiger partial charge in [0, 0.05) is 5.33 Å². The van der Waals surface area contributed by atoms with Gasteiger partial charge in [-0.2, -0.15) is 4.80 Å². The van der Waals surface area contributed by atoms with Crippen molar-refractivity contribution in [1.82, 2.24) is 20.2 Å². The Morgan fingerprint density at radius 1 is 1.70 bits per heavy atom. The number of rotatable bonds is 2. The normalized spacial score (nSPS) is 13.5. The Labute approximate surface area is 67.7 Å². The van der Waals surface area contributed by atoms with Crippen LogP contribution in [-0.2, 0) is 0 Å².